The zero-order chi connectivity index (χ0) is 26.2. The maximum Gasteiger partial charge on any atom is 0.251 e. The number of rotatable bonds is 10. The van der Waals surface area contributed by atoms with E-state index in [0.717, 1.165) is 11.3 Å². The van der Waals surface area contributed by atoms with E-state index < -0.39 is 6.29 Å². The van der Waals surface area contributed by atoms with Crippen molar-refractivity contribution < 1.29 is 19.0 Å². The summed E-state index contributed by atoms with van der Waals surface area (Å²) >= 11 is 0. The summed E-state index contributed by atoms with van der Waals surface area (Å²) in [7, 11) is 4.55. The van der Waals surface area contributed by atoms with Crippen molar-refractivity contribution in [3.05, 3.63) is 77.7 Å². The molecule has 0 atom stereocenters. The maximum atomic E-state index is 12.2. The number of ether oxygens (including phenoxy) is 3. The number of hydrogen-bond donors (Lipinski definition) is 1. The van der Waals surface area contributed by atoms with Gasteiger partial charge in [-0.2, -0.15) is 5.26 Å². The number of nitrogens with zero attached hydrogens (tertiary/aromatic N) is 6. The Bertz CT molecular complexity index is 1430. The molecule has 0 aliphatic heterocycles. The Hall–Kier alpha value is -4.50. The van der Waals surface area contributed by atoms with Crippen LogP contribution in [0.3, 0.4) is 0 Å². The molecule has 188 valence electrons. The highest BCUT2D eigenvalue weighted by Gasteiger charge is 2.14. The Morgan fingerprint density at radius 2 is 1.84 bits per heavy atom. The van der Waals surface area contributed by atoms with E-state index in [1.807, 2.05) is 30.3 Å². The first kappa shape index (κ1) is 25.6. The van der Waals surface area contributed by atoms with Crippen LogP contribution in [0.15, 0.2) is 60.8 Å². The number of carbonyl (C=O) groups excluding carboxylic acids is 1. The standard InChI is InChI=1S/C26H25N7O4/c1-35-16-25(34)30-24-12-19(11-22(29-24)18-7-4-6-17(10-18)13-27)23-15-33(32-31-23)14-20-8-5-9-21(28-20)26(36-2)37-3/h4-12,15,26H,14,16H2,1-3H3,(H,29,30,34). The van der Waals surface area contributed by atoms with Crippen LogP contribution in [-0.2, 0) is 25.5 Å². The van der Waals surface area contributed by atoms with Crippen LogP contribution in [0, 0.1) is 11.3 Å². The Balaban J connectivity index is 1.66. The van der Waals surface area contributed by atoms with Gasteiger partial charge in [-0.3, -0.25) is 9.78 Å². The topological polar surface area (TPSA) is 137 Å². The van der Waals surface area contributed by atoms with Crippen molar-refractivity contribution >= 4 is 11.7 Å². The van der Waals surface area contributed by atoms with E-state index in [0.29, 0.717) is 40.6 Å². The number of nitriles is 1. The molecule has 0 saturated carbocycles. The number of amides is 1. The molecule has 3 heterocycles. The van der Waals surface area contributed by atoms with Gasteiger partial charge >= 0.3 is 0 Å². The maximum absolute atomic E-state index is 12.2. The predicted molar refractivity (Wildman–Crippen MR) is 134 cm³/mol. The van der Waals surface area contributed by atoms with Gasteiger partial charge in [0.05, 0.1) is 41.5 Å². The first-order valence-electron chi connectivity index (χ1n) is 11.3. The first-order valence-corrected chi connectivity index (χ1v) is 11.3. The molecule has 4 rings (SSSR count). The molecule has 0 fully saturated rings. The summed E-state index contributed by atoms with van der Waals surface area (Å²) in [5, 5.41) is 20.6. The second-order valence-corrected chi connectivity index (χ2v) is 7.96. The summed E-state index contributed by atoms with van der Waals surface area (Å²) in [6, 6.07) is 18.3. The molecule has 0 radical (unpaired) electrons. The molecule has 0 spiro atoms. The number of pyridine rings is 2. The monoisotopic (exact) mass is 499 g/mol. The van der Waals surface area contributed by atoms with Crippen molar-refractivity contribution in [1.82, 2.24) is 25.0 Å². The minimum Gasteiger partial charge on any atom is -0.375 e. The van der Waals surface area contributed by atoms with Gasteiger partial charge in [-0.25, -0.2) is 9.67 Å². The molecule has 0 unspecified atom stereocenters. The molecule has 4 aromatic rings. The smallest absolute Gasteiger partial charge is 0.251 e. The Morgan fingerprint density at radius 3 is 2.59 bits per heavy atom. The van der Waals surface area contributed by atoms with E-state index in [1.165, 1.54) is 7.11 Å². The van der Waals surface area contributed by atoms with Gasteiger partial charge < -0.3 is 19.5 Å². The van der Waals surface area contributed by atoms with E-state index in [4.69, 9.17) is 14.2 Å². The van der Waals surface area contributed by atoms with Crippen LogP contribution in [-0.4, -0.2) is 58.8 Å². The second-order valence-electron chi connectivity index (χ2n) is 7.96. The predicted octanol–water partition coefficient (Wildman–Crippen LogP) is 3.20. The third-order valence-corrected chi connectivity index (χ3v) is 5.31. The van der Waals surface area contributed by atoms with E-state index in [1.54, 1.807) is 49.4 Å². The lowest BCUT2D eigenvalue weighted by atomic mass is 10.1. The molecule has 11 nitrogen and oxygen atoms in total. The molecular weight excluding hydrogens is 474 g/mol. The van der Waals surface area contributed by atoms with Crippen molar-refractivity contribution in [2.75, 3.05) is 33.3 Å². The summed E-state index contributed by atoms with van der Waals surface area (Å²) in [4.78, 5) is 21.3. The van der Waals surface area contributed by atoms with Crippen LogP contribution in [0.1, 0.15) is 23.2 Å². The van der Waals surface area contributed by atoms with Crippen LogP contribution in [0.2, 0.25) is 0 Å². The lowest BCUT2D eigenvalue weighted by Crippen LogP contribution is -2.18. The summed E-state index contributed by atoms with van der Waals surface area (Å²) < 4.78 is 17.1. The highest BCUT2D eigenvalue weighted by Crippen LogP contribution is 2.27. The lowest BCUT2D eigenvalue weighted by Gasteiger charge is -2.13. The number of aromatic nitrogens is 5. The molecular formula is C26H25N7O4. The summed E-state index contributed by atoms with van der Waals surface area (Å²) in [6.45, 7) is 0.265. The van der Waals surface area contributed by atoms with Gasteiger partial charge in [-0.05, 0) is 36.4 Å². The number of anilines is 1. The van der Waals surface area contributed by atoms with Gasteiger partial charge in [0, 0.05) is 32.5 Å². The van der Waals surface area contributed by atoms with Crippen molar-refractivity contribution in [1.29, 1.82) is 5.26 Å². The highest BCUT2D eigenvalue weighted by atomic mass is 16.7. The number of carbonyl (C=O) groups is 1. The third kappa shape index (κ3) is 6.39. The van der Waals surface area contributed by atoms with E-state index >= 15 is 0 Å². The van der Waals surface area contributed by atoms with E-state index in [2.05, 4.69) is 31.7 Å². The second kappa shape index (κ2) is 12.0. The molecule has 3 aromatic heterocycles. The van der Waals surface area contributed by atoms with Crippen molar-refractivity contribution in [2.45, 2.75) is 12.8 Å². The van der Waals surface area contributed by atoms with Gasteiger partial charge in [0.15, 0.2) is 0 Å². The minimum absolute atomic E-state index is 0.111. The highest BCUT2D eigenvalue weighted by molar-refractivity contribution is 5.91. The van der Waals surface area contributed by atoms with Crippen molar-refractivity contribution in [2.24, 2.45) is 0 Å². The number of benzene rings is 1. The summed E-state index contributed by atoms with van der Waals surface area (Å²) in [6.07, 6.45) is 1.22. The number of methoxy groups -OCH3 is 3. The fraction of sp³-hybridized carbons (Fsp3) is 0.231. The van der Waals surface area contributed by atoms with Crippen LogP contribution in [0.25, 0.3) is 22.5 Å². The van der Waals surface area contributed by atoms with Gasteiger partial charge in [0.1, 0.15) is 18.1 Å². The zero-order valence-electron chi connectivity index (χ0n) is 20.6. The Morgan fingerprint density at radius 1 is 1.03 bits per heavy atom. The van der Waals surface area contributed by atoms with Gasteiger partial charge in [-0.1, -0.05) is 23.4 Å². The fourth-order valence-electron chi connectivity index (χ4n) is 3.68. The molecule has 0 aliphatic rings. The molecule has 1 N–H and O–H groups in total. The van der Waals surface area contributed by atoms with Crippen LogP contribution < -0.4 is 5.32 Å². The van der Waals surface area contributed by atoms with Crippen molar-refractivity contribution in [3.63, 3.8) is 0 Å². The molecule has 0 aliphatic carbocycles. The molecule has 1 amide bonds. The molecule has 37 heavy (non-hydrogen) atoms. The zero-order valence-corrected chi connectivity index (χ0v) is 20.6. The van der Waals surface area contributed by atoms with Crippen molar-refractivity contribution in [3.8, 4) is 28.6 Å². The lowest BCUT2D eigenvalue weighted by molar-refractivity contribution is -0.119. The Labute approximate surface area is 213 Å². The van der Waals surface area contributed by atoms with Crippen LogP contribution >= 0.6 is 0 Å². The SMILES string of the molecule is COCC(=O)Nc1cc(-c2cn(Cc3cccc(C(OC)OC)n3)nn2)cc(-c2cccc(C#N)c2)n1. The van der Waals surface area contributed by atoms with Gasteiger partial charge in [0.25, 0.3) is 5.91 Å². The Kier molecular flexibility index (Phi) is 8.27. The largest absolute Gasteiger partial charge is 0.375 e. The quantitative estimate of drug-likeness (QED) is 0.326. The summed E-state index contributed by atoms with van der Waals surface area (Å²) in [5.74, 6) is -0.0186. The molecule has 0 saturated heterocycles. The average molecular weight is 500 g/mol. The normalized spacial score (nSPS) is 10.9. The minimum atomic E-state index is -0.562. The van der Waals surface area contributed by atoms with E-state index in [-0.39, 0.29) is 12.5 Å². The average Bonchev–Trinajstić information content (AvgIpc) is 3.38. The van der Waals surface area contributed by atoms with E-state index in [9.17, 15) is 10.1 Å². The van der Waals surface area contributed by atoms with Gasteiger partial charge in [0.2, 0.25) is 6.29 Å². The number of hydrogen-bond acceptors (Lipinski definition) is 9. The van der Waals surface area contributed by atoms with Crippen LogP contribution in [0.4, 0.5) is 5.82 Å². The van der Waals surface area contributed by atoms with Crippen LogP contribution in [0.5, 0.6) is 0 Å². The van der Waals surface area contributed by atoms with Gasteiger partial charge in [-0.15, -0.1) is 5.10 Å². The fourth-order valence-corrected chi connectivity index (χ4v) is 3.68. The summed E-state index contributed by atoms with van der Waals surface area (Å²) in [5.41, 5.74) is 4.46. The molecule has 11 heteroatoms. The molecule has 1 aromatic carbocycles. The number of nitrogens with one attached hydrogen (secondary N) is 1. The molecule has 0 bridgehead atoms. The third-order valence-electron chi connectivity index (χ3n) is 5.31. The first-order chi connectivity index (χ1) is 18.0.